The summed E-state index contributed by atoms with van der Waals surface area (Å²) >= 11 is 0. The molecule has 0 atom stereocenters. The third-order valence-electron chi connectivity index (χ3n) is 7.58. The maximum absolute atomic E-state index is 13.2. The highest BCUT2D eigenvalue weighted by molar-refractivity contribution is 5.82. The standard InChI is InChI=1S/C29H26F3N7O/c1-15-25(29(30,31)32)38-26(36-15)18-5-3-16(4-6-18)11-19-13-39(20-9-10-20)21-12-33-27(37-23(19)21)22-24(17-7-8-17)34-14-35-28(22)40-2/h3-6,12-14,17,20H,7-11H2,1-2H3,(H,36,38). The van der Waals surface area contributed by atoms with Crippen molar-refractivity contribution in [3.05, 3.63) is 71.2 Å². The molecule has 1 aromatic carbocycles. The van der Waals surface area contributed by atoms with Gasteiger partial charge in [-0.15, -0.1) is 0 Å². The molecule has 204 valence electrons. The van der Waals surface area contributed by atoms with Crippen LogP contribution in [0.4, 0.5) is 13.2 Å². The van der Waals surface area contributed by atoms with Crippen LogP contribution < -0.4 is 4.74 Å². The summed E-state index contributed by atoms with van der Waals surface area (Å²) in [6.45, 7) is 1.38. The molecule has 0 aliphatic heterocycles. The largest absolute Gasteiger partial charge is 0.480 e. The number of fused-ring (bicyclic) bond motifs is 1. The van der Waals surface area contributed by atoms with Gasteiger partial charge in [-0.05, 0) is 38.2 Å². The zero-order valence-electron chi connectivity index (χ0n) is 22.0. The first-order valence-corrected chi connectivity index (χ1v) is 13.3. The summed E-state index contributed by atoms with van der Waals surface area (Å²) in [4.78, 5) is 25.2. The number of aromatic nitrogens is 7. The van der Waals surface area contributed by atoms with Gasteiger partial charge in [-0.1, -0.05) is 24.3 Å². The first-order valence-electron chi connectivity index (χ1n) is 13.3. The highest BCUT2D eigenvalue weighted by Crippen LogP contribution is 2.45. The van der Waals surface area contributed by atoms with E-state index >= 15 is 0 Å². The van der Waals surface area contributed by atoms with E-state index in [1.165, 1.54) is 13.3 Å². The second kappa shape index (κ2) is 9.14. The van der Waals surface area contributed by atoms with Crippen LogP contribution in [0.1, 0.15) is 65.9 Å². The van der Waals surface area contributed by atoms with E-state index in [2.05, 4.69) is 30.7 Å². The van der Waals surface area contributed by atoms with Crippen molar-refractivity contribution in [1.29, 1.82) is 0 Å². The topological polar surface area (TPSA) is 94.4 Å². The smallest absolute Gasteiger partial charge is 0.435 e. The third-order valence-corrected chi connectivity index (χ3v) is 7.58. The monoisotopic (exact) mass is 545 g/mol. The Kier molecular flexibility index (Phi) is 5.65. The molecular weight excluding hydrogens is 519 g/mol. The number of nitrogens with zero attached hydrogens (tertiary/aromatic N) is 6. The fraction of sp³-hybridized carbons (Fsp3) is 0.345. The summed E-state index contributed by atoms with van der Waals surface area (Å²) in [5, 5.41) is 0. The van der Waals surface area contributed by atoms with Crippen molar-refractivity contribution in [2.45, 2.75) is 57.2 Å². The molecule has 0 radical (unpaired) electrons. The van der Waals surface area contributed by atoms with E-state index in [1.54, 1.807) is 19.2 Å². The van der Waals surface area contributed by atoms with Gasteiger partial charge in [0.1, 0.15) is 17.7 Å². The van der Waals surface area contributed by atoms with Crippen LogP contribution in [0.15, 0.2) is 43.0 Å². The minimum Gasteiger partial charge on any atom is -0.480 e. The van der Waals surface area contributed by atoms with Crippen molar-refractivity contribution in [2.24, 2.45) is 0 Å². The van der Waals surface area contributed by atoms with Crippen LogP contribution in [0.2, 0.25) is 0 Å². The van der Waals surface area contributed by atoms with E-state index in [0.717, 1.165) is 59.1 Å². The zero-order valence-corrected chi connectivity index (χ0v) is 22.0. The van der Waals surface area contributed by atoms with Crippen molar-refractivity contribution in [2.75, 3.05) is 7.11 Å². The van der Waals surface area contributed by atoms with Crippen LogP contribution >= 0.6 is 0 Å². The zero-order chi connectivity index (χ0) is 27.6. The van der Waals surface area contributed by atoms with E-state index < -0.39 is 11.9 Å². The van der Waals surface area contributed by atoms with Gasteiger partial charge in [0.15, 0.2) is 11.5 Å². The van der Waals surface area contributed by atoms with Crippen LogP contribution in [0.3, 0.4) is 0 Å². The summed E-state index contributed by atoms with van der Waals surface area (Å²) in [6, 6.07) is 7.87. The summed E-state index contributed by atoms with van der Waals surface area (Å²) in [6.07, 6.45) is 6.06. The SMILES string of the molecule is COc1ncnc(C2CC2)c1-c1ncc2c(n1)c(Cc1ccc(-c3nc(C(F)(F)F)c(C)[nH]3)cc1)cn2C1CC1. The molecule has 11 heteroatoms. The van der Waals surface area contributed by atoms with Crippen LogP contribution in [0.5, 0.6) is 5.88 Å². The van der Waals surface area contributed by atoms with Gasteiger partial charge in [-0.3, -0.25) is 0 Å². The molecule has 0 saturated heterocycles. The number of methoxy groups -OCH3 is 1. The van der Waals surface area contributed by atoms with Crippen molar-refractivity contribution in [3.63, 3.8) is 0 Å². The minimum absolute atomic E-state index is 0.000222. The van der Waals surface area contributed by atoms with Gasteiger partial charge < -0.3 is 14.3 Å². The fourth-order valence-electron chi connectivity index (χ4n) is 5.29. The van der Waals surface area contributed by atoms with Gasteiger partial charge in [0.2, 0.25) is 5.88 Å². The molecule has 4 aromatic heterocycles. The second-order valence-corrected chi connectivity index (χ2v) is 10.6. The van der Waals surface area contributed by atoms with E-state index in [4.69, 9.17) is 14.7 Å². The Hall–Kier alpha value is -4.28. The molecule has 5 aromatic rings. The molecule has 7 rings (SSSR count). The molecule has 0 unspecified atom stereocenters. The van der Waals surface area contributed by atoms with E-state index in [9.17, 15) is 13.2 Å². The number of nitrogens with one attached hydrogen (secondary N) is 1. The van der Waals surface area contributed by atoms with Gasteiger partial charge in [0.05, 0.1) is 30.0 Å². The average Bonchev–Trinajstić information content (AvgIpc) is 3.88. The number of hydrogen-bond donors (Lipinski definition) is 1. The van der Waals surface area contributed by atoms with Gasteiger partial charge in [0, 0.05) is 41.4 Å². The van der Waals surface area contributed by atoms with Gasteiger partial charge >= 0.3 is 6.18 Å². The molecule has 2 aliphatic carbocycles. The number of imidazole rings is 1. The quantitative estimate of drug-likeness (QED) is 0.254. The van der Waals surface area contributed by atoms with Crippen molar-refractivity contribution in [1.82, 2.24) is 34.5 Å². The summed E-state index contributed by atoms with van der Waals surface area (Å²) in [7, 11) is 1.59. The number of rotatable bonds is 7. The molecule has 2 fully saturated rings. The maximum atomic E-state index is 13.2. The number of H-pyrrole nitrogens is 1. The lowest BCUT2D eigenvalue weighted by Gasteiger charge is -2.11. The molecule has 0 amide bonds. The number of aromatic amines is 1. The highest BCUT2D eigenvalue weighted by Gasteiger charge is 2.36. The molecular formula is C29H26F3N7O. The Morgan fingerprint density at radius 1 is 1.02 bits per heavy atom. The highest BCUT2D eigenvalue weighted by atomic mass is 19.4. The Labute approximate surface area is 227 Å². The molecule has 8 nitrogen and oxygen atoms in total. The molecule has 40 heavy (non-hydrogen) atoms. The molecule has 1 N–H and O–H groups in total. The molecule has 0 spiro atoms. The summed E-state index contributed by atoms with van der Waals surface area (Å²) in [5.41, 5.74) is 5.28. The van der Waals surface area contributed by atoms with Crippen LogP contribution in [-0.4, -0.2) is 41.6 Å². The number of aryl methyl sites for hydroxylation is 1. The fourth-order valence-corrected chi connectivity index (χ4v) is 5.29. The Bertz CT molecular complexity index is 1730. The van der Waals surface area contributed by atoms with Gasteiger partial charge in [0.25, 0.3) is 0 Å². The van der Waals surface area contributed by atoms with E-state index in [0.29, 0.717) is 35.6 Å². The average molecular weight is 546 g/mol. The van der Waals surface area contributed by atoms with E-state index in [-0.39, 0.29) is 11.5 Å². The van der Waals surface area contributed by atoms with Crippen LogP contribution in [-0.2, 0) is 12.6 Å². The molecule has 2 saturated carbocycles. The first kappa shape index (κ1) is 24.7. The molecule has 0 bridgehead atoms. The maximum Gasteiger partial charge on any atom is 0.435 e. The number of ether oxygens (including phenoxy) is 1. The predicted octanol–water partition coefficient (Wildman–Crippen LogP) is 6.42. The number of halogens is 3. The lowest BCUT2D eigenvalue weighted by atomic mass is 10.0. The summed E-state index contributed by atoms with van der Waals surface area (Å²) < 4.78 is 47.5. The Morgan fingerprint density at radius 3 is 2.45 bits per heavy atom. The third kappa shape index (κ3) is 4.39. The normalized spacial score (nSPS) is 15.6. The van der Waals surface area contributed by atoms with E-state index in [1.807, 2.05) is 18.3 Å². The number of benzene rings is 1. The van der Waals surface area contributed by atoms with Gasteiger partial charge in [-0.2, -0.15) is 13.2 Å². The predicted molar refractivity (Wildman–Crippen MR) is 142 cm³/mol. The summed E-state index contributed by atoms with van der Waals surface area (Å²) in [5.74, 6) is 1.58. The van der Waals surface area contributed by atoms with Crippen LogP contribution in [0, 0.1) is 6.92 Å². The Balaban J connectivity index is 1.25. The van der Waals surface area contributed by atoms with Crippen molar-refractivity contribution in [3.8, 4) is 28.7 Å². The number of hydrogen-bond acceptors (Lipinski definition) is 6. The Morgan fingerprint density at radius 2 is 1.80 bits per heavy atom. The first-order chi connectivity index (χ1) is 19.3. The van der Waals surface area contributed by atoms with Gasteiger partial charge in [-0.25, -0.2) is 24.9 Å². The molecule has 2 aliphatic rings. The number of alkyl halides is 3. The minimum atomic E-state index is -4.50. The van der Waals surface area contributed by atoms with Crippen molar-refractivity contribution < 1.29 is 17.9 Å². The van der Waals surface area contributed by atoms with Crippen molar-refractivity contribution >= 4 is 11.0 Å². The molecule has 4 heterocycles. The lowest BCUT2D eigenvalue weighted by Crippen LogP contribution is -2.07. The second-order valence-electron chi connectivity index (χ2n) is 10.6. The van der Waals surface area contributed by atoms with Crippen LogP contribution in [0.25, 0.3) is 33.8 Å². The lowest BCUT2D eigenvalue weighted by molar-refractivity contribution is -0.141.